The number of piperidine rings is 1. The minimum Gasteiger partial charge on any atom is -0.352 e. The Morgan fingerprint density at radius 1 is 1.16 bits per heavy atom. The van der Waals surface area contributed by atoms with Gasteiger partial charge in [0.25, 0.3) is 5.91 Å². The zero-order valence-electron chi connectivity index (χ0n) is 15.2. The predicted molar refractivity (Wildman–Crippen MR) is 99.9 cm³/mol. The van der Waals surface area contributed by atoms with Gasteiger partial charge < -0.3 is 15.1 Å². The van der Waals surface area contributed by atoms with Crippen molar-refractivity contribution in [3.05, 3.63) is 29.8 Å². The topological polar surface area (TPSA) is 52.7 Å². The SMILES string of the molecule is C[C@H]1CCCCN1CCCNC(=O)c1ccc(N2CCCC2=O)cc1. The number of hydrogen-bond acceptors (Lipinski definition) is 3. The first kappa shape index (κ1) is 17.9. The number of anilines is 1. The molecule has 2 saturated heterocycles. The van der Waals surface area contributed by atoms with Crippen molar-refractivity contribution in [1.29, 1.82) is 0 Å². The van der Waals surface area contributed by atoms with E-state index < -0.39 is 0 Å². The second-order valence-electron chi connectivity index (χ2n) is 7.19. The Morgan fingerprint density at radius 2 is 1.96 bits per heavy atom. The van der Waals surface area contributed by atoms with Crippen LogP contribution in [-0.4, -0.2) is 48.9 Å². The molecular formula is C20H29N3O2. The summed E-state index contributed by atoms with van der Waals surface area (Å²) in [7, 11) is 0. The van der Waals surface area contributed by atoms with E-state index in [1.165, 1.54) is 25.8 Å². The molecule has 2 aliphatic heterocycles. The van der Waals surface area contributed by atoms with Crippen LogP contribution in [0.4, 0.5) is 5.69 Å². The zero-order chi connectivity index (χ0) is 17.6. The third-order valence-electron chi connectivity index (χ3n) is 5.36. The van der Waals surface area contributed by atoms with Crippen molar-refractivity contribution in [3.63, 3.8) is 0 Å². The third kappa shape index (κ3) is 4.60. The van der Waals surface area contributed by atoms with Crippen LogP contribution in [0.5, 0.6) is 0 Å². The molecule has 5 nitrogen and oxygen atoms in total. The number of amides is 2. The summed E-state index contributed by atoms with van der Waals surface area (Å²) in [6.45, 7) is 6.02. The van der Waals surface area contributed by atoms with E-state index in [-0.39, 0.29) is 11.8 Å². The molecule has 0 aromatic heterocycles. The molecule has 0 bridgehead atoms. The maximum Gasteiger partial charge on any atom is 0.251 e. The molecule has 5 heteroatoms. The summed E-state index contributed by atoms with van der Waals surface area (Å²) in [5, 5.41) is 3.01. The van der Waals surface area contributed by atoms with Crippen molar-refractivity contribution in [2.24, 2.45) is 0 Å². The fourth-order valence-corrected chi connectivity index (χ4v) is 3.79. The summed E-state index contributed by atoms with van der Waals surface area (Å²) >= 11 is 0. The summed E-state index contributed by atoms with van der Waals surface area (Å²) in [6, 6.07) is 8.03. The van der Waals surface area contributed by atoms with Gasteiger partial charge in [-0.15, -0.1) is 0 Å². The highest BCUT2D eigenvalue weighted by atomic mass is 16.2. The molecule has 0 aliphatic carbocycles. The van der Waals surface area contributed by atoms with Gasteiger partial charge in [0.15, 0.2) is 0 Å². The lowest BCUT2D eigenvalue weighted by molar-refractivity contribution is -0.117. The fourth-order valence-electron chi connectivity index (χ4n) is 3.79. The van der Waals surface area contributed by atoms with Crippen molar-refractivity contribution in [2.75, 3.05) is 31.1 Å². The van der Waals surface area contributed by atoms with Crippen molar-refractivity contribution in [3.8, 4) is 0 Å². The molecule has 2 heterocycles. The Hall–Kier alpha value is -1.88. The number of likely N-dealkylation sites (tertiary alicyclic amines) is 1. The van der Waals surface area contributed by atoms with Crippen molar-refractivity contribution in [2.45, 2.75) is 51.5 Å². The Labute approximate surface area is 150 Å². The maximum atomic E-state index is 12.3. The Morgan fingerprint density at radius 3 is 2.64 bits per heavy atom. The molecule has 1 N–H and O–H groups in total. The molecule has 0 unspecified atom stereocenters. The molecule has 1 atom stereocenters. The number of nitrogens with one attached hydrogen (secondary N) is 1. The van der Waals surface area contributed by atoms with Crippen LogP contribution in [0.25, 0.3) is 0 Å². The molecule has 1 aromatic rings. The molecule has 136 valence electrons. The zero-order valence-corrected chi connectivity index (χ0v) is 15.2. The summed E-state index contributed by atoms with van der Waals surface area (Å²) in [5.41, 5.74) is 1.54. The van der Waals surface area contributed by atoms with Crippen molar-refractivity contribution >= 4 is 17.5 Å². The molecule has 0 radical (unpaired) electrons. The minimum atomic E-state index is -0.0361. The number of benzene rings is 1. The van der Waals surface area contributed by atoms with Crippen LogP contribution in [0.2, 0.25) is 0 Å². The van der Waals surface area contributed by atoms with Crippen molar-refractivity contribution in [1.82, 2.24) is 10.2 Å². The van der Waals surface area contributed by atoms with Gasteiger partial charge in [0.1, 0.15) is 0 Å². The monoisotopic (exact) mass is 343 g/mol. The van der Waals surface area contributed by atoms with E-state index in [9.17, 15) is 9.59 Å². The van der Waals surface area contributed by atoms with Crippen LogP contribution >= 0.6 is 0 Å². The third-order valence-corrected chi connectivity index (χ3v) is 5.36. The van der Waals surface area contributed by atoms with Crippen molar-refractivity contribution < 1.29 is 9.59 Å². The van der Waals surface area contributed by atoms with Crippen LogP contribution in [0.15, 0.2) is 24.3 Å². The Balaban J connectivity index is 1.43. The van der Waals surface area contributed by atoms with Gasteiger partial charge in [0.2, 0.25) is 5.91 Å². The average molecular weight is 343 g/mol. The van der Waals surface area contributed by atoms with E-state index in [4.69, 9.17) is 0 Å². The highest BCUT2D eigenvalue weighted by Gasteiger charge is 2.21. The number of nitrogens with zero attached hydrogens (tertiary/aromatic N) is 2. The van der Waals surface area contributed by atoms with Gasteiger partial charge in [0.05, 0.1) is 0 Å². The largest absolute Gasteiger partial charge is 0.352 e. The van der Waals surface area contributed by atoms with Gasteiger partial charge in [-0.2, -0.15) is 0 Å². The smallest absolute Gasteiger partial charge is 0.251 e. The van der Waals surface area contributed by atoms with Gasteiger partial charge >= 0.3 is 0 Å². The lowest BCUT2D eigenvalue weighted by Crippen LogP contribution is -2.39. The highest BCUT2D eigenvalue weighted by molar-refractivity contribution is 5.97. The number of carbonyl (C=O) groups is 2. The molecule has 2 amide bonds. The van der Waals surface area contributed by atoms with Crippen LogP contribution in [0, 0.1) is 0 Å². The second-order valence-corrected chi connectivity index (χ2v) is 7.19. The Kier molecular flexibility index (Phi) is 6.08. The lowest BCUT2D eigenvalue weighted by atomic mass is 10.0. The number of rotatable bonds is 6. The van der Waals surface area contributed by atoms with E-state index in [1.807, 2.05) is 24.3 Å². The van der Waals surface area contributed by atoms with E-state index in [2.05, 4.69) is 17.1 Å². The molecule has 3 rings (SSSR count). The fraction of sp³-hybridized carbons (Fsp3) is 0.600. The Bertz CT molecular complexity index is 599. The summed E-state index contributed by atoms with van der Waals surface area (Å²) < 4.78 is 0. The number of hydrogen-bond donors (Lipinski definition) is 1. The molecule has 0 saturated carbocycles. The van der Waals surface area contributed by atoms with E-state index in [0.717, 1.165) is 31.6 Å². The first-order valence-electron chi connectivity index (χ1n) is 9.58. The van der Waals surface area contributed by atoms with E-state index in [0.29, 0.717) is 24.6 Å². The summed E-state index contributed by atoms with van der Waals surface area (Å²) in [4.78, 5) is 28.3. The highest BCUT2D eigenvalue weighted by Crippen LogP contribution is 2.21. The number of carbonyl (C=O) groups excluding carboxylic acids is 2. The lowest BCUT2D eigenvalue weighted by Gasteiger charge is -2.33. The maximum absolute atomic E-state index is 12.3. The second kappa shape index (κ2) is 8.48. The van der Waals surface area contributed by atoms with Crippen LogP contribution in [0.3, 0.4) is 0 Å². The van der Waals surface area contributed by atoms with Crippen LogP contribution in [-0.2, 0) is 4.79 Å². The van der Waals surface area contributed by atoms with Crippen LogP contribution < -0.4 is 10.2 Å². The molecule has 2 aliphatic rings. The minimum absolute atomic E-state index is 0.0361. The van der Waals surface area contributed by atoms with Gasteiger partial charge in [-0.05, 0) is 63.4 Å². The van der Waals surface area contributed by atoms with Gasteiger partial charge in [-0.3, -0.25) is 9.59 Å². The normalized spacial score (nSPS) is 21.6. The van der Waals surface area contributed by atoms with Gasteiger partial charge in [-0.1, -0.05) is 6.42 Å². The van der Waals surface area contributed by atoms with E-state index in [1.54, 1.807) is 4.90 Å². The predicted octanol–water partition coefficient (Wildman–Crippen LogP) is 2.81. The average Bonchev–Trinajstić information content (AvgIpc) is 3.06. The molecule has 2 fully saturated rings. The quantitative estimate of drug-likeness (QED) is 0.808. The molecular weight excluding hydrogens is 314 g/mol. The van der Waals surface area contributed by atoms with Crippen LogP contribution in [0.1, 0.15) is 55.8 Å². The standard InChI is InChI=1S/C20H29N3O2/c1-16-6-2-3-13-22(16)14-5-12-21-20(25)17-8-10-18(11-9-17)23-15-4-7-19(23)24/h8-11,16H,2-7,12-15H2,1H3,(H,21,25)/t16-/m0/s1. The molecule has 1 aromatic carbocycles. The van der Waals surface area contributed by atoms with Gasteiger partial charge in [0, 0.05) is 43.3 Å². The summed E-state index contributed by atoms with van der Waals surface area (Å²) in [5.74, 6) is 0.134. The summed E-state index contributed by atoms with van der Waals surface area (Å²) in [6.07, 6.45) is 6.44. The first-order valence-corrected chi connectivity index (χ1v) is 9.58. The molecule has 25 heavy (non-hydrogen) atoms. The molecule has 0 spiro atoms. The van der Waals surface area contributed by atoms with Gasteiger partial charge in [-0.25, -0.2) is 0 Å². The first-order chi connectivity index (χ1) is 12.1. The van der Waals surface area contributed by atoms with E-state index >= 15 is 0 Å².